The van der Waals surface area contributed by atoms with Crippen LogP contribution >= 0.6 is 0 Å². The molecule has 0 aromatic heterocycles. The molecule has 22 heavy (non-hydrogen) atoms. The Hall–Kier alpha value is -1.62. The van der Waals surface area contributed by atoms with Gasteiger partial charge in [-0.15, -0.1) is 0 Å². The molecular weight excluding hydrogens is 270 g/mol. The van der Waals surface area contributed by atoms with Crippen molar-refractivity contribution in [2.75, 3.05) is 0 Å². The van der Waals surface area contributed by atoms with Gasteiger partial charge in [-0.1, -0.05) is 31.4 Å². The molecule has 2 aliphatic carbocycles. The van der Waals surface area contributed by atoms with Crippen molar-refractivity contribution in [3.63, 3.8) is 0 Å². The van der Waals surface area contributed by atoms with E-state index in [1.54, 1.807) is 0 Å². The Bertz CT molecular complexity index is 540. The average molecular weight is 295 g/mol. The van der Waals surface area contributed by atoms with Gasteiger partial charge in [-0.25, -0.2) is 0 Å². The van der Waals surface area contributed by atoms with Gasteiger partial charge in [0.05, 0.1) is 11.6 Å². The maximum absolute atomic E-state index is 11.8. The molecule has 2 aliphatic rings. The highest BCUT2D eigenvalue weighted by atomic mass is 16.1. The monoisotopic (exact) mass is 295 g/mol. The first kappa shape index (κ1) is 15.3. The van der Waals surface area contributed by atoms with Crippen molar-refractivity contribution in [1.29, 1.82) is 5.26 Å². The van der Waals surface area contributed by atoms with Crippen molar-refractivity contribution in [1.82, 2.24) is 0 Å². The summed E-state index contributed by atoms with van der Waals surface area (Å²) in [6, 6.07) is 10.3. The Labute approximate surface area is 133 Å². The molecule has 2 fully saturated rings. The predicted molar refractivity (Wildman–Crippen MR) is 87.4 cm³/mol. The average Bonchev–Trinajstić information content (AvgIpc) is 2.62. The van der Waals surface area contributed by atoms with E-state index in [1.165, 1.54) is 56.8 Å². The highest BCUT2D eigenvalue weighted by Crippen LogP contribution is 2.49. The molecule has 3 rings (SSSR count). The van der Waals surface area contributed by atoms with E-state index in [-0.39, 0.29) is 5.41 Å². The number of hydrogen-bond acceptors (Lipinski definition) is 2. The second-order valence-electron chi connectivity index (χ2n) is 7.19. The Kier molecular flexibility index (Phi) is 4.62. The van der Waals surface area contributed by atoms with Crippen LogP contribution in [0.4, 0.5) is 0 Å². The van der Waals surface area contributed by atoms with Crippen LogP contribution in [0, 0.1) is 22.7 Å². The molecule has 0 saturated heterocycles. The molecule has 0 aliphatic heterocycles. The highest BCUT2D eigenvalue weighted by Gasteiger charge is 2.41. The van der Waals surface area contributed by atoms with Crippen molar-refractivity contribution < 1.29 is 4.79 Å². The number of carbonyl (C=O) groups is 1. The summed E-state index contributed by atoms with van der Waals surface area (Å²) < 4.78 is 0. The molecule has 0 amide bonds. The topological polar surface area (TPSA) is 40.9 Å². The largest absolute Gasteiger partial charge is 0.303 e. The van der Waals surface area contributed by atoms with Crippen LogP contribution in [-0.4, -0.2) is 6.29 Å². The summed E-state index contributed by atoms with van der Waals surface area (Å²) in [4.78, 5) is 11.8. The summed E-state index contributed by atoms with van der Waals surface area (Å²) in [6.07, 6.45) is 12.0. The molecule has 1 aromatic carbocycles. The van der Waals surface area contributed by atoms with E-state index in [0.717, 1.165) is 18.4 Å². The summed E-state index contributed by atoms with van der Waals surface area (Å²) >= 11 is 0. The van der Waals surface area contributed by atoms with Gasteiger partial charge in [0, 0.05) is 5.41 Å². The molecule has 0 atom stereocenters. The van der Waals surface area contributed by atoms with Gasteiger partial charge in [-0.05, 0) is 68.1 Å². The zero-order chi connectivity index (χ0) is 15.4. The molecule has 0 spiro atoms. The van der Waals surface area contributed by atoms with E-state index < -0.39 is 0 Å². The van der Waals surface area contributed by atoms with Crippen LogP contribution in [-0.2, 0) is 4.79 Å². The normalized spacial score (nSPS) is 27.8. The summed E-state index contributed by atoms with van der Waals surface area (Å²) in [7, 11) is 0. The maximum atomic E-state index is 11.8. The number of nitriles is 1. The lowest BCUT2D eigenvalue weighted by molar-refractivity contribution is -0.122. The molecule has 2 heteroatoms. The Morgan fingerprint density at radius 2 is 1.64 bits per heavy atom. The lowest BCUT2D eigenvalue weighted by Gasteiger charge is -2.43. The minimum atomic E-state index is -0.00607. The van der Waals surface area contributed by atoms with E-state index >= 15 is 0 Å². The van der Waals surface area contributed by atoms with Gasteiger partial charge in [-0.3, -0.25) is 0 Å². The molecule has 1 aromatic rings. The fraction of sp³-hybridized carbons (Fsp3) is 0.600. The van der Waals surface area contributed by atoms with E-state index in [1.807, 2.05) is 12.1 Å². The summed E-state index contributed by atoms with van der Waals surface area (Å²) in [5.74, 6) is 1.20. The first-order chi connectivity index (χ1) is 10.8. The van der Waals surface area contributed by atoms with Crippen LogP contribution in [0.1, 0.15) is 74.8 Å². The minimum Gasteiger partial charge on any atom is -0.303 e. The lowest BCUT2D eigenvalue weighted by atomic mass is 9.61. The second-order valence-corrected chi connectivity index (χ2v) is 7.19. The second kappa shape index (κ2) is 6.65. The number of benzene rings is 1. The summed E-state index contributed by atoms with van der Waals surface area (Å²) in [6.45, 7) is 0. The molecule has 0 unspecified atom stereocenters. The van der Waals surface area contributed by atoms with E-state index in [2.05, 4.69) is 18.2 Å². The third-order valence-electron chi connectivity index (χ3n) is 6.07. The molecule has 0 N–H and O–H groups in total. The van der Waals surface area contributed by atoms with Crippen LogP contribution in [0.5, 0.6) is 0 Å². The third kappa shape index (κ3) is 2.95. The van der Waals surface area contributed by atoms with Gasteiger partial charge in [0.25, 0.3) is 0 Å². The van der Waals surface area contributed by atoms with Gasteiger partial charge in [0.2, 0.25) is 0 Å². The van der Waals surface area contributed by atoms with Gasteiger partial charge in [0.1, 0.15) is 6.29 Å². The van der Waals surface area contributed by atoms with Crippen LogP contribution < -0.4 is 0 Å². The molecule has 0 radical (unpaired) electrons. The van der Waals surface area contributed by atoms with Gasteiger partial charge < -0.3 is 4.79 Å². The predicted octanol–water partition coefficient (Wildman–Crippen LogP) is 4.98. The van der Waals surface area contributed by atoms with Crippen LogP contribution in [0.2, 0.25) is 0 Å². The SMILES string of the molecule is N#Cc1ccc(C2CCC(C3(C=O)CCCCC3)CC2)cc1. The van der Waals surface area contributed by atoms with Crippen molar-refractivity contribution in [2.24, 2.45) is 11.3 Å². The molecule has 2 saturated carbocycles. The van der Waals surface area contributed by atoms with Gasteiger partial charge in [0.15, 0.2) is 0 Å². The smallest absolute Gasteiger partial charge is 0.126 e. The first-order valence-electron chi connectivity index (χ1n) is 8.74. The molecule has 116 valence electrons. The maximum Gasteiger partial charge on any atom is 0.126 e. The van der Waals surface area contributed by atoms with Crippen molar-refractivity contribution in [3.8, 4) is 6.07 Å². The number of hydrogen-bond donors (Lipinski definition) is 0. The quantitative estimate of drug-likeness (QED) is 0.738. The summed E-state index contributed by atoms with van der Waals surface area (Å²) in [5, 5.41) is 8.89. The summed E-state index contributed by atoms with van der Waals surface area (Å²) in [5.41, 5.74) is 2.09. The lowest BCUT2D eigenvalue weighted by Crippen LogP contribution is -2.36. The molecule has 2 nitrogen and oxygen atoms in total. The standard InChI is InChI=1S/C20H25NO/c21-14-16-4-6-17(7-5-16)18-8-10-19(11-9-18)20(15-22)12-2-1-3-13-20/h4-7,15,18-19H,1-3,8-13H2. The number of carbonyl (C=O) groups excluding carboxylic acids is 1. The number of nitrogens with zero attached hydrogens (tertiary/aromatic N) is 1. The van der Waals surface area contributed by atoms with Crippen molar-refractivity contribution in [2.45, 2.75) is 63.7 Å². The Morgan fingerprint density at radius 1 is 1.00 bits per heavy atom. The Balaban J connectivity index is 1.64. The number of rotatable bonds is 3. The minimum absolute atomic E-state index is 0.00607. The fourth-order valence-electron chi connectivity index (χ4n) is 4.66. The van der Waals surface area contributed by atoms with Crippen molar-refractivity contribution >= 4 is 6.29 Å². The molecule has 0 heterocycles. The number of aldehydes is 1. The first-order valence-corrected chi connectivity index (χ1v) is 8.74. The van der Waals surface area contributed by atoms with Crippen LogP contribution in [0.15, 0.2) is 24.3 Å². The van der Waals surface area contributed by atoms with E-state index in [9.17, 15) is 4.79 Å². The van der Waals surface area contributed by atoms with Gasteiger partial charge in [-0.2, -0.15) is 5.26 Å². The van der Waals surface area contributed by atoms with Gasteiger partial charge >= 0.3 is 0 Å². The zero-order valence-corrected chi connectivity index (χ0v) is 13.3. The highest BCUT2D eigenvalue weighted by molar-refractivity contribution is 5.60. The zero-order valence-electron chi connectivity index (χ0n) is 13.3. The Morgan fingerprint density at radius 3 is 2.18 bits per heavy atom. The molecule has 0 bridgehead atoms. The fourth-order valence-corrected chi connectivity index (χ4v) is 4.66. The molecular formula is C20H25NO. The van der Waals surface area contributed by atoms with Crippen LogP contribution in [0.3, 0.4) is 0 Å². The van der Waals surface area contributed by atoms with E-state index in [4.69, 9.17) is 5.26 Å². The van der Waals surface area contributed by atoms with Crippen molar-refractivity contribution in [3.05, 3.63) is 35.4 Å². The van der Waals surface area contributed by atoms with E-state index in [0.29, 0.717) is 11.8 Å². The van der Waals surface area contributed by atoms with Crippen LogP contribution in [0.25, 0.3) is 0 Å². The third-order valence-corrected chi connectivity index (χ3v) is 6.07.